The van der Waals surface area contributed by atoms with E-state index in [1.807, 2.05) is 0 Å². The van der Waals surface area contributed by atoms with Crippen molar-refractivity contribution in [3.8, 4) is 0 Å². The third-order valence-corrected chi connectivity index (χ3v) is 2.90. The molecule has 0 aromatic carbocycles. The summed E-state index contributed by atoms with van der Waals surface area (Å²) in [7, 11) is 0. The first-order valence-electron chi connectivity index (χ1n) is 3.99. The van der Waals surface area contributed by atoms with Gasteiger partial charge in [-0.1, -0.05) is 0 Å². The molecule has 2 nitrogen and oxygen atoms in total. The van der Waals surface area contributed by atoms with Crippen molar-refractivity contribution in [1.82, 2.24) is 0 Å². The van der Waals surface area contributed by atoms with Crippen LogP contribution in [-0.4, -0.2) is 12.6 Å². The van der Waals surface area contributed by atoms with Gasteiger partial charge in [-0.05, 0) is 37.5 Å². The number of fused-ring (bicyclic) bond motifs is 2. The molecule has 0 aromatic rings. The average molecular weight is 140 g/mol. The minimum absolute atomic E-state index is 0.274. The Bertz CT molecular complexity index is 144. The van der Waals surface area contributed by atoms with Gasteiger partial charge in [0.05, 0.1) is 0 Å². The van der Waals surface area contributed by atoms with Crippen molar-refractivity contribution in [2.24, 2.45) is 11.8 Å². The summed E-state index contributed by atoms with van der Waals surface area (Å²) in [6, 6.07) is 0. The molecule has 2 heteroatoms. The van der Waals surface area contributed by atoms with Crippen LogP contribution in [0.2, 0.25) is 0 Å². The lowest BCUT2D eigenvalue weighted by Gasteiger charge is -2.18. The molecule has 2 saturated carbocycles. The van der Waals surface area contributed by atoms with Gasteiger partial charge in [-0.2, -0.15) is 0 Å². The molecular formula is C8H12O2. The molecule has 2 fully saturated rings. The molecule has 3 unspecified atom stereocenters. The number of carbonyl (C=O) groups excluding carboxylic acids is 1. The Morgan fingerprint density at radius 1 is 1.30 bits per heavy atom. The summed E-state index contributed by atoms with van der Waals surface area (Å²) in [4.78, 5) is 10.0. The first-order chi connectivity index (χ1) is 4.90. The van der Waals surface area contributed by atoms with Gasteiger partial charge in [0.1, 0.15) is 6.10 Å². The van der Waals surface area contributed by atoms with Crippen LogP contribution in [0, 0.1) is 11.8 Å². The fourth-order valence-corrected chi connectivity index (χ4v) is 2.42. The molecule has 0 amide bonds. The topological polar surface area (TPSA) is 26.3 Å². The molecular weight excluding hydrogens is 128 g/mol. The van der Waals surface area contributed by atoms with Crippen LogP contribution >= 0.6 is 0 Å². The SMILES string of the molecule is O=COC1CC2CCC1C2. The van der Waals surface area contributed by atoms with Crippen LogP contribution in [0.4, 0.5) is 0 Å². The van der Waals surface area contributed by atoms with E-state index in [9.17, 15) is 4.79 Å². The monoisotopic (exact) mass is 140 g/mol. The highest BCUT2D eigenvalue weighted by molar-refractivity contribution is 5.37. The Morgan fingerprint density at radius 3 is 2.70 bits per heavy atom. The molecule has 2 aliphatic carbocycles. The first-order valence-corrected chi connectivity index (χ1v) is 3.99. The lowest BCUT2D eigenvalue weighted by atomic mass is 9.98. The second-order valence-electron chi connectivity index (χ2n) is 3.45. The van der Waals surface area contributed by atoms with E-state index in [-0.39, 0.29) is 6.10 Å². The van der Waals surface area contributed by atoms with E-state index in [1.165, 1.54) is 19.3 Å². The quantitative estimate of drug-likeness (QED) is 0.541. The molecule has 10 heavy (non-hydrogen) atoms. The van der Waals surface area contributed by atoms with Gasteiger partial charge in [-0.25, -0.2) is 0 Å². The van der Waals surface area contributed by atoms with Crippen molar-refractivity contribution in [2.45, 2.75) is 31.8 Å². The third-order valence-electron chi connectivity index (χ3n) is 2.90. The van der Waals surface area contributed by atoms with Crippen molar-refractivity contribution >= 4 is 6.47 Å². The molecule has 0 saturated heterocycles. The molecule has 3 atom stereocenters. The lowest BCUT2D eigenvalue weighted by molar-refractivity contribution is -0.135. The summed E-state index contributed by atoms with van der Waals surface area (Å²) < 4.78 is 4.96. The van der Waals surface area contributed by atoms with E-state index in [0.29, 0.717) is 12.4 Å². The van der Waals surface area contributed by atoms with Crippen LogP contribution in [0.5, 0.6) is 0 Å². The highest BCUT2D eigenvalue weighted by atomic mass is 16.5. The number of rotatable bonds is 2. The predicted octanol–water partition coefficient (Wildman–Crippen LogP) is 1.35. The summed E-state index contributed by atoms with van der Waals surface area (Å²) in [6.45, 7) is 0.603. The molecule has 0 radical (unpaired) electrons. The molecule has 0 spiro atoms. The molecule has 2 bridgehead atoms. The van der Waals surface area contributed by atoms with Crippen molar-refractivity contribution in [2.75, 3.05) is 0 Å². The van der Waals surface area contributed by atoms with Gasteiger partial charge < -0.3 is 4.74 Å². The smallest absolute Gasteiger partial charge is 0.293 e. The van der Waals surface area contributed by atoms with Crippen molar-refractivity contribution in [1.29, 1.82) is 0 Å². The zero-order valence-corrected chi connectivity index (χ0v) is 5.95. The maximum absolute atomic E-state index is 10.0. The van der Waals surface area contributed by atoms with Gasteiger partial charge in [-0.3, -0.25) is 4.79 Å². The van der Waals surface area contributed by atoms with Gasteiger partial charge in [0.15, 0.2) is 0 Å². The van der Waals surface area contributed by atoms with Gasteiger partial charge in [0.2, 0.25) is 0 Å². The Labute approximate surface area is 60.6 Å². The van der Waals surface area contributed by atoms with E-state index in [0.717, 1.165) is 12.3 Å². The Balaban J connectivity index is 1.95. The second kappa shape index (κ2) is 2.26. The molecule has 0 aromatic heterocycles. The first kappa shape index (κ1) is 6.20. The predicted molar refractivity (Wildman–Crippen MR) is 36.4 cm³/mol. The number of ether oxygens (including phenoxy) is 1. The molecule has 56 valence electrons. The summed E-state index contributed by atoms with van der Waals surface area (Å²) in [5.41, 5.74) is 0. The minimum Gasteiger partial charge on any atom is -0.464 e. The fraction of sp³-hybridized carbons (Fsp3) is 0.875. The van der Waals surface area contributed by atoms with Gasteiger partial charge in [0, 0.05) is 0 Å². The largest absolute Gasteiger partial charge is 0.464 e. The van der Waals surface area contributed by atoms with Crippen LogP contribution in [0.25, 0.3) is 0 Å². The molecule has 0 N–H and O–H groups in total. The number of hydrogen-bond acceptors (Lipinski definition) is 2. The van der Waals surface area contributed by atoms with Crippen LogP contribution in [-0.2, 0) is 9.53 Å². The summed E-state index contributed by atoms with van der Waals surface area (Å²) >= 11 is 0. The third kappa shape index (κ3) is 0.825. The standard InChI is InChI=1S/C8H12O2/c9-5-10-8-4-6-1-2-7(8)3-6/h5-8H,1-4H2. The van der Waals surface area contributed by atoms with E-state index >= 15 is 0 Å². The van der Waals surface area contributed by atoms with E-state index in [2.05, 4.69) is 0 Å². The minimum atomic E-state index is 0.274. The van der Waals surface area contributed by atoms with Gasteiger partial charge in [-0.15, -0.1) is 0 Å². The molecule has 2 aliphatic rings. The molecule has 0 aliphatic heterocycles. The van der Waals surface area contributed by atoms with Crippen LogP contribution in [0.15, 0.2) is 0 Å². The van der Waals surface area contributed by atoms with E-state index in [1.54, 1.807) is 0 Å². The Morgan fingerprint density at radius 2 is 2.20 bits per heavy atom. The Hall–Kier alpha value is -0.530. The highest BCUT2D eigenvalue weighted by Gasteiger charge is 2.40. The molecule has 0 heterocycles. The number of carbonyl (C=O) groups is 1. The van der Waals surface area contributed by atoms with Crippen LogP contribution < -0.4 is 0 Å². The summed E-state index contributed by atoms with van der Waals surface area (Å²) in [6.07, 6.45) is 5.35. The van der Waals surface area contributed by atoms with Gasteiger partial charge in [0.25, 0.3) is 6.47 Å². The normalized spacial score (nSPS) is 43.8. The van der Waals surface area contributed by atoms with E-state index < -0.39 is 0 Å². The van der Waals surface area contributed by atoms with Crippen LogP contribution in [0.1, 0.15) is 25.7 Å². The lowest BCUT2D eigenvalue weighted by Crippen LogP contribution is -2.19. The van der Waals surface area contributed by atoms with Crippen molar-refractivity contribution in [3.05, 3.63) is 0 Å². The maximum Gasteiger partial charge on any atom is 0.293 e. The average Bonchev–Trinajstić information content (AvgIpc) is 2.48. The summed E-state index contributed by atoms with van der Waals surface area (Å²) in [5, 5.41) is 0. The van der Waals surface area contributed by atoms with E-state index in [4.69, 9.17) is 4.74 Å². The molecule has 2 rings (SSSR count). The fourth-order valence-electron chi connectivity index (χ4n) is 2.42. The van der Waals surface area contributed by atoms with Crippen molar-refractivity contribution in [3.63, 3.8) is 0 Å². The second-order valence-corrected chi connectivity index (χ2v) is 3.45. The van der Waals surface area contributed by atoms with Crippen molar-refractivity contribution < 1.29 is 9.53 Å². The van der Waals surface area contributed by atoms with Gasteiger partial charge >= 0.3 is 0 Å². The highest BCUT2D eigenvalue weighted by Crippen LogP contribution is 2.45. The maximum atomic E-state index is 10.0. The Kier molecular flexibility index (Phi) is 1.40. The number of hydrogen-bond donors (Lipinski definition) is 0. The zero-order chi connectivity index (χ0) is 6.97. The van der Waals surface area contributed by atoms with Crippen LogP contribution in [0.3, 0.4) is 0 Å². The summed E-state index contributed by atoms with van der Waals surface area (Å²) in [5.74, 6) is 1.57. The zero-order valence-electron chi connectivity index (χ0n) is 5.95.